The van der Waals surface area contributed by atoms with Crippen molar-refractivity contribution in [2.45, 2.75) is 135 Å². The van der Waals surface area contributed by atoms with Crippen LogP contribution in [-0.2, 0) is 0 Å². The number of rotatable bonds is 15. The van der Waals surface area contributed by atoms with Crippen molar-refractivity contribution >= 4 is 0 Å². The van der Waals surface area contributed by atoms with Gasteiger partial charge < -0.3 is 10.2 Å². The molecule has 2 heteroatoms. The summed E-state index contributed by atoms with van der Waals surface area (Å²) in [5.74, 6) is 0.353. The average Bonchev–Trinajstić information content (AvgIpc) is 2.58. The molecule has 2 N–H and O–H groups in total. The molecule has 3 atom stereocenters. The van der Waals surface area contributed by atoms with Gasteiger partial charge in [-0.25, -0.2) is 0 Å². The molecule has 0 bridgehead atoms. The number of unbranched alkanes of at least 4 members (excludes halogenated alkanes) is 13. The first-order valence-electron chi connectivity index (χ1n) is 11.1. The minimum atomic E-state index is -0.162. The maximum absolute atomic E-state index is 9.98. The van der Waals surface area contributed by atoms with Crippen LogP contribution in [0.3, 0.4) is 0 Å². The number of aliphatic hydroxyl groups excluding tert-OH is 2. The fourth-order valence-corrected chi connectivity index (χ4v) is 4.13. The lowest BCUT2D eigenvalue weighted by atomic mass is 9.81. The summed E-state index contributed by atoms with van der Waals surface area (Å²) in [5.41, 5.74) is 0. The van der Waals surface area contributed by atoms with Gasteiger partial charge in [0.1, 0.15) is 0 Å². The topological polar surface area (TPSA) is 40.5 Å². The van der Waals surface area contributed by atoms with Crippen LogP contribution in [0, 0.1) is 5.92 Å². The second kappa shape index (κ2) is 15.2. The third-order valence-electron chi connectivity index (χ3n) is 5.84. The first-order chi connectivity index (χ1) is 11.7. The van der Waals surface area contributed by atoms with Crippen LogP contribution in [0.15, 0.2) is 0 Å². The van der Waals surface area contributed by atoms with Gasteiger partial charge in [-0.3, -0.25) is 0 Å². The lowest BCUT2D eigenvalue weighted by Crippen LogP contribution is -2.31. The van der Waals surface area contributed by atoms with Crippen LogP contribution in [0.25, 0.3) is 0 Å². The highest BCUT2D eigenvalue weighted by Gasteiger charge is 2.27. The Bertz CT molecular complexity index is 267. The Kier molecular flexibility index (Phi) is 13.9. The van der Waals surface area contributed by atoms with E-state index in [1.165, 1.54) is 89.9 Å². The van der Waals surface area contributed by atoms with E-state index in [1.807, 2.05) is 0 Å². The molecular formula is C22H44O2. The van der Waals surface area contributed by atoms with Gasteiger partial charge in [0.15, 0.2) is 0 Å². The molecule has 3 unspecified atom stereocenters. The molecule has 0 radical (unpaired) electrons. The van der Waals surface area contributed by atoms with Gasteiger partial charge in [-0.2, -0.15) is 0 Å². The van der Waals surface area contributed by atoms with E-state index in [4.69, 9.17) is 0 Å². The Morgan fingerprint density at radius 1 is 0.625 bits per heavy atom. The normalized spacial score (nSPS) is 24.4. The van der Waals surface area contributed by atoms with Crippen molar-refractivity contribution in [3.05, 3.63) is 0 Å². The summed E-state index contributed by atoms with van der Waals surface area (Å²) < 4.78 is 0. The van der Waals surface area contributed by atoms with E-state index in [-0.39, 0.29) is 12.2 Å². The maximum atomic E-state index is 9.98. The summed E-state index contributed by atoms with van der Waals surface area (Å²) in [6, 6.07) is 0. The van der Waals surface area contributed by atoms with Gasteiger partial charge in [-0.05, 0) is 31.6 Å². The fourth-order valence-electron chi connectivity index (χ4n) is 4.13. The van der Waals surface area contributed by atoms with Crippen LogP contribution < -0.4 is 0 Å². The molecular weight excluding hydrogens is 296 g/mol. The third-order valence-corrected chi connectivity index (χ3v) is 5.84. The first kappa shape index (κ1) is 22.0. The zero-order valence-corrected chi connectivity index (χ0v) is 16.4. The Labute approximate surface area is 151 Å². The Balaban J connectivity index is 1.77. The Morgan fingerprint density at radius 2 is 1.08 bits per heavy atom. The molecule has 144 valence electrons. The molecule has 1 saturated carbocycles. The van der Waals surface area contributed by atoms with Crippen LogP contribution in [0.1, 0.15) is 122 Å². The van der Waals surface area contributed by atoms with Crippen molar-refractivity contribution in [1.29, 1.82) is 0 Å². The molecule has 0 aliphatic heterocycles. The largest absolute Gasteiger partial charge is 0.393 e. The summed E-state index contributed by atoms with van der Waals surface area (Å²) in [6.07, 6.45) is 22.7. The molecule has 0 aromatic carbocycles. The van der Waals surface area contributed by atoms with E-state index >= 15 is 0 Å². The molecule has 0 heterocycles. The minimum Gasteiger partial charge on any atom is -0.393 e. The van der Waals surface area contributed by atoms with Crippen LogP contribution in [0.2, 0.25) is 0 Å². The molecule has 1 rings (SSSR count). The van der Waals surface area contributed by atoms with E-state index in [1.54, 1.807) is 0 Å². The summed E-state index contributed by atoms with van der Waals surface area (Å²) in [4.78, 5) is 0. The molecule has 1 aliphatic rings. The summed E-state index contributed by atoms with van der Waals surface area (Å²) >= 11 is 0. The zero-order valence-electron chi connectivity index (χ0n) is 16.4. The molecule has 0 spiro atoms. The molecule has 2 nitrogen and oxygen atoms in total. The van der Waals surface area contributed by atoms with E-state index in [0.29, 0.717) is 5.92 Å². The molecule has 0 aromatic heterocycles. The van der Waals surface area contributed by atoms with Crippen LogP contribution >= 0.6 is 0 Å². The number of aliphatic hydroxyl groups is 2. The summed E-state index contributed by atoms with van der Waals surface area (Å²) in [7, 11) is 0. The van der Waals surface area contributed by atoms with Gasteiger partial charge >= 0.3 is 0 Å². The van der Waals surface area contributed by atoms with Gasteiger partial charge in [0.25, 0.3) is 0 Å². The van der Waals surface area contributed by atoms with E-state index in [2.05, 4.69) is 6.92 Å². The fraction of sp³-hybridized carbons (Fsp3) is 1.00. The molecule has 1 aliphatic carbocycles. The predicted molar refractivity (Wildman–Crippen MR) is 104 cm³/mol. The van der Waals surface area contributed by atoms with Crippen LogP contribution in [0.5, 0.6) is 0 Å². The van der Waals surface area contributed by atoms with Crippen LogP contribution in [0.4, 0.5) is 0 Å². The summed E-state index contributed by atoms with van der Waals surface area (Å²) in [6.45, 7) is 2.28. The van der Waals surface area contributed by atoms with Crippen molar-refractivity contribution in [2.24, 2.45) is 5.92 Å². The van der Waals surface area contributed by atoms with Crippen molar-refractivity contribution in [3.63, 3.8) is 0 Å². The van der Waals surface area contributed by atoms with Crippen molar-refractivity contribution in [2.75, 3.05) is 0 Å². The number of hydrogen-bond acceptors (Lipinski definition) is 2. The van der Waals surface area contributed by atoms with E-state index in [0.717, 1.165) is 25.7 Å². The molecule has 0 aromatic rings. The summed E-state index contributed by atoms with van der Waals surface area (Å²) in [5, 5.41) is 19.7. The second-order valence-corrected chi connectivity index (χ2v) is 8.18. The number of hydrogen-bond donors (Lipinski definition) is 2. The maximum Gasteiger partial charge on any atom is 0.0570 e. The first-order valence-corrected chi connectivity index (χ1v) is 11.1. The van der Waals surface area contributed by atoms with Gasteiger partial charge in [-0.15, -0.1) is 0 Å². The Hall–Kier alpha value is -0.0800. The van der Waals surface area contributed by atoms with Crippen molar-refractivity contribution in [3.8, 4) is 0 Å². The third kappa shape index (κ3) is 11.5. The monoisotopic (exact) mass is 340 g/mol. The van der Waals surface area contributed by atoms with Crippen molar-refractivity contribution < 1.29 is 10.2 Å². The van der Waals surface area contributed by atoms with E-state index in [9.17, 15) is 10.2 Å². The molecule has 24 heavy (non-hydrogen) atoms. The van der Waals surface area contributed by atoms with Gasteiger partial charge in [-0.1, -0.05) is 96.8 Å². The van der Waals surface area contributed by atoms with Crippen molar-refractivity contribution in [1.82, 2.24) is 0 Å². The molecule has 0 amide bonds. The minimum absolute atomic E-state index is 0.157. The second-order valence-electron chi connectivity index (χ2n) is 8.18. The van der Waals surface area contributed by atoms with Gasteiger partial charge in [0.05, 0.1) is 12.2 Å². The molecule has 1 fully saturated rings. The average molecular weight is 341 g/mol. The van der Waals surface area contributed by atoms with Gasteiger partial charge in [0, 0.05) is 0 Å². The SMILES string of the molecule is CCCCCCCCCCCCCCCCC1CC(O)CCC1O. The smallest absolute Gasteiger partial charge is 0.0570 e. The standard InChI is InChI=1S/C22H44O2/c1-2-3-4-5-6-7-8-9-10-11-12-13-14-15-16-20-19-21(23)17-18-22(20)24/h20-24H,2-19H2,1H3. The Morgan fingerprint density at radius 3 is 1.58 bits per heavy atom. The highest BCUT2D eigenvalue weighted by atomic mass is 16.3. The quantitative estimate of drug-likeness (QED) is 0.340. The van der Waals surface area contributed by atoms with Crippen LogP contribution in [-0.4, -0.2) is 22.4 Å². The predicted octanol–water partition coefficient (Wildman–Crippen LogP) is 6.38. The highest BCUT2D eigenvalue weighted by Crippen LogP contribution is 2.29. The lowest BCUT2D eigenvalue weighted by molar-refractivity contribution is 0.00294. The van der Waals surface area contributed by atoms with E-state index < -0.39 is 0 Å². The molecule has 0 saturated heterocycles. The van der Waals surface area contributed by atoms with Gasteiger partial charge in [0.2, 0.25) is 0 Å². The zero-order chi connectivity index (χ0) is 17.5. The lowest BCUT2D eigenvalue weighted by Gasteiger charge is -2.30. The highest BCUT2D eigenvalue weighted by molar-refractivity contribution is 4.79.